The van der Waals surface area contributed by atoms with Gasteiger partial charge in [0.25, 0.3) is 5.91 Å². The zero-order chi connectivity index (χ0) is 13.1. The Morgan fingerprint density at radius 2 is 1.67 bits per heavy atom. The number of carbonyl (C=O) groups is 1. The highest BCUT2D eigenvalue weighted by Crippen LogP contribution is 2.17. The van der Waals surface area contributed by atoms with Crippen molar-refractivity contribution >= 4 is 23.0 Å². The summed E-state index contributed by atoms with van der Waals surface area (Å²) in [6.45, 7) is 0. The lowest BCUT2D eigenvalue weighted by molar-refractivity contribution is 0.102. The molecule has 0 aliphatic heterocycles. The van der Waals surface area contributed by atoms with Crippen molar-refractivity contribution in [1.29, 1.82) is 0 Å². The number of nitrogens with two attached hydrogens (primary N) is 2. The van der Waals surface area contributed by atoms with E-state index in [1.807, 2.05) is 0 Å². The van der Waals surface area contributed by atoms with Gasteiger partial charge in [-0.05, 0) is 30.3 Å². The van der Waals surface area contributed by atoms with Crippen LogP contribution in [0, 0.1) is 5.82 Å². The topological polar surface area (TPSA) is 81.1 Å². The van der Waals surface area contributed by atoms with E-state index in [0.717, 1.165) is 0 Å². The zero-order valence-electron chi connectivity index (χ0n) is 9.48. The van der Waals surface area contributed by atoms with E-state index in [1.54, 1.807) is 18.2 Å². The fourth-order valence-electron chi connectivity index (χ4n) is 1.56. The molecule has 5 heteroatoms. The lowest BCUT2D eigenvalue weighted by Gasteiger charge is -2.07. The van der Waals surface area contributed by atoms with Crippen LogP contribution in [-0.4, -0.2) is 5.91 Å². The molecule has 4 nitrogen and oxygen atoms in total. The Balaban J connectivity index is 2.25. The quantitative estimate of drug-likeness (QED) is 0.710. The fourth-order valence-corrected chi connectivity index (χ4v) is 1.56. The van der Waals surface area contributed by atoms with Gasteiger partial charge in [-0.15, -0.1) is 0 Å². The highest BCUT2D eigenvalue weighted by molar-refractivity contribution is 6.05. The number of nitrogens with one attached hydrogen (secondary N) is 1. The summed E-state index contributed by atoms with van der Waals surface area (Å²) in [5.41, 5.74) is 12.3. The Bertz CT molecular complexity index is 578. The maximum Gasteiger partial charge on any atom is 0.255 e. The second-order valence-corrected chi connectivity index (χ2v) is 3.82. The number of anilines is 3. The summed E-state index contributed by atoms with van der Waals surface area (Å²) in [6.07, 6.45) is 0. The molecule has 0 aliphatic carbocycles. The molecule has 0 heterocycles. The largest absolute Gasteiger partial charge is 0.399 e. The summed E-state index contributed by atoms with van der Waals surface area (Å²) >= 11 is 0. The van der Waals surface area contributed by atoms with Crippen molar-refractivity contribution < 1.29 is 9.18 Å². The number of carbonyl (C=O) groups excluding carboxylic acids is 1. The average molecular weight is 245 g/mol. The van der Waals surface area contributed by atoms with Crippen LogP contribution in [0.4, 0.5) is 21.5 Å². The third kappa shape index (κ3) is 2.57. The molecule has 0 fully saturated rings. The second-order valence-electron chi connectivity index (χ2n) is 3.82. The molecule has 0 aliphatic rings. The van der Waals surface area contributed by atoms with Crippen LogP contribution in [-0.2, 0) is 0 Å². The predicted octanol–water partition coefficient (Wildman–Crippen LogP) is 2.24. The molecule has 0 aromatic heterocycles. The SMILES string of the molecule is Nc1cc(N)cc(C(=O)Nc2ccccc2F)c1. The molecule has 0 unspecified atom stereocenters. The Labute approximate surface area is 103 Å². The minimum atomic E-state index is -0.497. The molecule has 0 atom stereocenters. The molecular formula is C13H12FN3O. The van der Waals surface area contributed by atoms with Gasteiger partial charge in [-0.2, -0.15) is 0 Å². The molecule has 0 radical (unpaired) electrons. The number of amides is 1. The highest BCUT2D eigenvalue weighted by atomic mass is 19.1. The van der Waals surface area contributed by atoms with E-state index in [9.17, 15) is 9.18 Å². The highest BCUT2D eigenvalue weighted by Gasteiger charge is 2.09. The Kier molecular flexibility index (Phi) is 3.14. The van der Waals surface area contributed by atoms with Crippen LogP contribution in [0.2, 0.25) is 0 Å². The number of hydrogen-bond acceptors (Lipinski definition) is 3. The van der Waals surface area contributed by atoms with Gasteiger partial charge in [0, 0.05) is 16.9 Å². The normalized spacial score (nSPS) is 10.1. The number of halogens is 1. The monoisotopic (exact) mass is 245 g/mol. The number of para-hydroxylation sites is 1. The van der Waals surface area contributed by atoms with Crippen LogP contribution >= 0.6 is 0 Å². The lowest BCUT2D eigenvalue weighted by atomic mass is 10.1. The van der Waals surface area contributed by atoms with Crippen molar-refractivity contribution in [3.63, 3.8) is 0 Å². The minimum absolute atomic E-state index is 0.114. The van der Waals surface area contributed by atoms with E-state index in [-0.39, 0.29) is 11.3 Å². The van der Waals surface area contributed by atoms with Gasteiger partial charge in [0.05, 0.1) is 5.69 Å². The van der Waals surface area contributed by atoms with Gasteiger partial charge in [0.2, 0.25) is 0 Å². The maximum absolute atomic E-state index is 13.4. The van der Waals surface area contributed by atoms with Gasteiger partial charge >= 0.3 is 0 Å². The molecule has 1 amide bonds. The third-order valence-corrected chi connectivity index (χ3v) is 2.36. The van der Waals surface area contributed by atoms with Crippen molar-refractivity contribution in [3.05, 3.63) is 53.8 Å². The van der Waals surface area contributed by atoms with Gasteiger partial charge in [-0.25, -0.2) is 4.39 Å². The third-order valence-electron chi connectivity index (χ3n) is 2.36. The van der Waals surface area contributed by atoms with Crippen LogP contribution in [0.3, 0.4) is 0 Å². The number of hydrogen-bond donors (Lipinski definition) is 3. The molecule has 5 N–H and O–H groups in total. The summed E-state index contributed by atoms with van der Waals surface area (Å²) in [7, 11) is 0. The van der Waals surface area contributed by atoms with Gasteiger partial charge in [0.1, 0.15) is 5.82 Å². The van der Waals surface area contributed by atoms with Crippen molar-refractivity contribution in [1.82, 2.24) is 0 Å². The molecule has 0 bridgehead atoms. The first-order valence-electron chi connectivity index (χ1n) is 5.28. The Hall–Kier alpha value is -2.56. The van der Waals surface area contributed by atoms with Crippen molar-refractivity contribution in [3.8, 4) is 0 Å². The molecule has 0 spiro atoms. The fraction of sp³-hybridized carbons (Fsp3) is 0. The van der Waals surface area contributed by atoms with Gasteiger partial charge in [-0.3, -0.25) is 4.79 Å². The minimum Gasteiger partial charge on any atom is -0.399 e. The summed E-state index contributed by atoms with van der Waals surface area (Å²) in [4.78, 5) is 11.9. The average Bonchev–Trinajstić information content (AvgIpc) is 2.31. The van der Waals surface area contributed by atoms with E-state index in [0.29, 0.717) is 11.4 Å². The van der Waals surface area contributed by atoms with Gasteiger partial charge in [-0.1, -0.05) is 12.1 Å². The Morgan fingerprint density at radius 1 is 1.06 bits per heavy atom. The van der Waals surface area contributed by atoms with Crippen LogP contribution in [0.25, 0.3) is 0 Å². The maximum atomic E-state index is 13.4. The second kappa shape index (κ2) is 4.75. The Morgan fingerprint density at radius 3 is 2.28 bits per heavy atom. The molecule has 92 valence electrons. The lowest BCUT2D eigenvalue weighted by Crippen LogP contribution is -2.13. The summed E-state index contributed by atoms with van der Waals surface area (Å²) < 4.78 is 13.4. The molecule has 0 saturated heterocycles. The van der Waals surface area contributed by atoms with E-state index < -0.39 is 11.7 Å². The molecule has 2 rings (SSSR count). The standard InChI is InChI=1S/C13H12FN3O/c14-11-3-1-2-4-12(11)17-13(18)8-5-9(15)7-10(16)6-8/h1-7H,15-16H2,(H,17,18). The predicted molar refractivity (Wildman–Crippen MR) is 69.6 cm³/mol. The summed E-state index contributed by atoms with van der Waals surface area (Å²) in [5.74, 6) is -0.957. The van der Waals surface area contributed by atoms with Gasteiger partial charge < -0.3 is 16.8 Å². The molecule has 0 saturated carbocycles. The number of rotatable bonds is 2. The zero-order valence-corrected chi connectivity index (χ0v) is 9.48. The van der Waals surface area contributed by atoms with Crippen LogP contribution in [0.1, 0.15) is 10.4 Å². The first-order valence-corrected chi connectivity index (χ1v) is 5.28. The molecule has 2 aromatic carbocycles. The first-order chi connectivity index (χ1) is 8.56. The van der Waals surface area contributed by atoms with Gasteiger partial charge in [0.15, 0.2) is 0 Å². The summed E-state index contributed by atoms with van der Waals surface area (Å²) in [6, 6.07) is 10.4. The van der Waals surface area contributed by atoms with E-state index in [4.69, 9.17) is 11.5 Å². The van der Waals surface area contributed by atoms with Crippen molar-refractivity contribution in [2.75, 3.05) is 16.8 Å². The number of benzene rings is 2. The van der Waals surface area contributed by atoms with Crippen molar-refractivity contribution in [2.24, 2.45) is 0 Å². The first kappa shape index (κ1) is 11.9. The van der Waals surface area contributed by atoms with E-state index in [2.05, 4.69) is 5.32 Å². The summed E-state index contributed by atoms with van der Waals surface area (Å²) in [5, 5.41) is 2.46. The van der Waals surface area contributed by atoms with Crippen LogP contribution < -0.4 is 16.8 Å². The molecular weight excluding hydrogens is 233 g/mol. The molecule has 2 aromatic rings. The van der Waals surface area contributed by atoms with E-state index in [1.165, 1.54) is 24.3 Å². The molecule has 18 heavy (non-hydrogen) atoms. The van der Waals surface area contributed by atoms with Crippen molar-refractivity contribution in [2.45, 2.75) is 0 Å². The number of nitrogen functional groups attached to an aromatic ring is 2. The smallest absolute Gasteiger partial charge is 0.255 e. The van der Waals surface area contributed by atoms with Crippen LogP contribution in [0.15, 0.2) is 42.5 Å². The van der Waals surface area contributed by atoms with E-state index >= 15 is 0 Å². The van der Waals surface area contributed by atoms with Crippen LogP contribution in [0.5, 0.6) is 0 Å².